The molecule has 0 saturated carbocycles. The first-order chi connectivity index (χ1) is 12.6. The molecule has 0 bridgehead atoms. The zero-order chi connectivity index (χ0) is 18.4. The SMILES string of the molecule is COc1ccc(S(=O)(=O)N2CC[NH+](CC=Cc3ccccc3)CC2)cc1. The number of hydrogen-bond donors (Lipinski definition) is 1. The lowest BCUT2D eigenvalue weighted by atomic mass is 10.2. The summed E-state index contributed by atoms with van der Waals surface area (Å²) in [5.41, 5.74) is 1.19. The molecule has 1 heterocycles. The van der Waals surface area contributed by atoms with Crippen molar-refractivity contribution in [2.45, 2.75) is 4.90 Å². The second-order valence-electron chi connectivity index (χ2n) is 6.35. The molecular weight excluding hydrogens is 348 g/mol. The number of nitrogens with one attached hydrogen (secondary N) is 1. The maximum atomic E-state index is 12.8. The Bertz CT molecular complexity index is 825. The van der Waals surface area contributed by atoms with Gasteiger partial charge in [0.2, 0.25) is 10.0 Å². The molecular formula is C20H25N2O3S+. The van der Waals surface area contributed by atoms with Crippen LogP contribution in [-0.2, 0) is 10.0 Å². The van der Waals surface area contributed by atoms with E-state index < -0.39 is 10.0 Å². The van der Waals surface area contributed by atoms with Crippen molar-refractivity contribution in [2.75, 3.05) is 39.8 Å². The Hall–Kier alpha value is -2.15. The lowest BCUT2D eigenvalue weighted by Crippen LogP contribution is -3.14. The van der Waals surface area contributed by atoms with E-state index >= 15 is 0 Å². The summed E-state index contributed by atoms with van der Waals surface area (Å²) in [6.45, 7) is 3.63. The van der Waals surface area contributed by atoms with Crippen LogP contribution in [0.25, 0.3) is 6.08 Å². The highest BCUT2D eigenvalue weighted by molar-refractivity contribution is 7.89. The highest BCUT2D eigenvalue weighted by Crippen LogP contribution is 2.19. The van der Waals surface area contributed by atoms with Gasteiger partial charge in [0, 0.05) is 0 Å². The van der Waals surface area contributed by atoms with Crippen LogP contribution in [0.3, 0.4) is 0 Å². The molecule has 6 heteroatoms. The van der Waals surface area contributed by atoms with Crippen LogP contribution in [0.2, 0.25) is 0 Å². The van der Waals surface area contributed by atoms with Crippen LogP contribution in [0.4, 0.5) is 0 Å². The van der Waals surface area contributed by atoms with Gasteiger partial charge in [-0.15, -0.1) is 0 Å². The van der Waals surface area contributed by atoms with Crippen LogP contribution in [0, 0.1) is 0 Å². The molecule has 138 valence electrons. The zero-order valence-electron chi connectivity index (χ0n) is 15.0. The van der Waals surface area contributed by atoms with Gasteiger partial charge >= 0.3 is 0 Å². The Morgan fingerprint density at radius 1 is 1.04 bits per heavy atom. The first-order valence-corrected chi connectivity index (χ1v) is 10.2. The third kappa shape index (κ3) is 4.52. The van der Waals surface area contributed by atoms with Crippen LogP contribution in [0.5, 0.6) is 5.75 Å². The highest BCUT2D eigenvalue weighted by atomic mass is 32.2. The standard InChI is InChI=1S/C20H24N2O3S/c1-25-19-9-11-20(12-10-19)26(23,24)22-16-14-21(15-17-22)13-5-8-18-6-3-2-4-7-18/h2-12H,13-17H2,1H3/p+1. The summed E-state index contributed by atoms with van der Waals surface area (Å²) >= 11 is 0. The van der Waals surface area contributed by atoms with Crippen molar-refractivity contribution in [1.82, 2.24) is 4.31 Å². The maximum Gasteiger partial charge on any atom is 0.243 e. The first kappa shape index (κ1) is 18.6. The van der Waals surface area contributed by atoms with Gasteiger partial charge in [-0.25, -0.2) is 8.42 Å². The second kappa shape index (κ2) is 8.49. The third-order valence-corrected chi connectivity index (χ3v) is 6.56. The zero-order valence-corrected chi connectivity index (χ0v) is 15.8. The molecule has 0 spiro atoms. The van der Waals surface area contributed by atoms with Gasteiger partial charge in [0.15, 0.2) is 0 Å². The predicted octanol–water partition coefficient (Wildman–Crippen LogP) is 1.30. The van der Waals surface area contributed by atoms with Crippen molar-refractivity contribution < 1.29 is 18.1 Å². The molecule has 5 nitrogen and oxygen atoms in total. The Labute approximate surface area is 155 Å². The molecule has 0 unspecified atom stereocenters. The number of quaternary nitrogens is 1. The fraction of sp³-hybridized carbons (Fsp3) is 0.300. The molecule has 2 aromatic carbocycles. The summed E-state index contributed by atoms with van der Waals surface area (Å²) in [4.78, 5) is 1.73. The second-order valence-corrected chi connectivity index (χ2v) is 8.28. The average molecular weight is 373 g/mol. The molecule has 0 atom stereocenters. The van der Waals surface area contributed by atoms with Gasteiger partial charge in [-0.05, 0) is 35.9 Å². The van der Waals surface area contributed by atoms with E-state index in [0.717, 1.165) is 19.6 Å². The number of piperazine rings is 1. The monoisotopic (exact) mass is 373 g/mol. The number of sulfonamides is 1. The molecule has 0 radical (unpaired) electrons. The van der Waals surface area contributed by atoms with Gasteiger partial charge in [-0.2, -0.15) is 4.31 Å². The summed E-state index contributed by atoms with van der Waals surface area (Å²) in [6, 6.07) is 16.8. The van der Waals surface area contributed by atoms with Gasteiger partial charge < -0.3 is 9.64 Å². The van der Waals surface area contributed by atoms with Crippen LogP contribution in [0.15, 0.2) is 65.6 Å². The largest absolute Gasteiger partial charge is 0.497 e. The van der Waals surface area contributed by atoms with E-state index in [1.54, 1.807) is 35.7 Å². The summed E-state index contributed by atoms with van der Waals surface area (Å²) in [7, 11) is -1.86. The van der Waals surface area contributed by atoms with Crippen molar-refractivity contribution >= 4 is 16.1 Å². The van der Waals surface area contributed by atoms with Gasteiger partial charge in [-0.1, -0.05) is 36.4 Å². The Balaban J connectivity index is 1.54. The van der Waals surface area contributed by atoms with Crippen LogP contribution < -0.4 is 9.64 Å². The quantitative estimate of drug-likeness (QED) is 0.830. The fourth-order valence-corrected chi connectivity index (χ4v) is 4.51. The van der Waals surface area contributed by atoms with Crippen LogP contribution >= 0.6 is 0 Å². The Morgan fingerprint density at radius 2 is 1.69 bits per heavy atom. The number of ether oxygens (including phenoxy) is 1. The van der Waals surface area contributed by atoms with E-state index in [1.807, 2.05) is 18.2 Å². The van der Waals surface area contributed by atoms with E-state index in [1.165, 1.54) is 10.5 Å². The minimum absolute atomic E-state index is 0.325. The number of rotatable bonds is 6. The van der Waals surface area contributed by atoms with Crippen LogP contribution in [-0.4, -0.2) is 52.6 Å². The topological polar surface area (TPSA) is 51.1 Å². The molecule has 1 saturated heterocycles. The summed E-state index contributed by atoms with van der Waals surface area (Å²) < 4.78 is 32.2. The molecule has 0 aromatic heterocycles. The minimum Gasteiger partial charge on any atom is -0.497 e. The van der Waals surface area contributed by atoms with Crippen molar-refractivity contribution in [1.29, 1.82) is 0 Å². The Morgan fingerprint density at radius 3 is 2.31 bits per heavy atom. The van der Waals surface area contributed by atoms with Gasteiger partial charge in [-0.3, -0.25) is 0 Å². The average Bonchev–Trinajstić information content (AvgIpc) is 2.69. The molecule has 0 aliphatic carbocycles. The van der Waals surface area contributed by atoms with Gasteiger partial charge in [0.25, 0.3) is 0 Å². The lowest BCUT2D eigenvalue weighted by molar-refractivity contribution is -0.897. The van der Waals surface area contributed by atoms with E-state index in [2.05, 4.69) is 24.3 Å². The molecule has 1 N–H and O–H groups in total. The predicted molar refractivity (Wildman–Crippen MR) is 103 cm³/mol. The minimum atomic E-state index is -3.43. The van der Waals surface area contributed by atoms with E-state index in [9.17, 15) is 8.42 Å². The molecule has 0 amide bonds. The summed E-state index contributed by atoms with van der Waals surface area (Å²) in [5.74, 6) is 0.656. The summed E-state index contributed by atoms with van der Waals surface area (Å²) in [5, 5.41) is 0. The number of benzene rings is 2. The molecule has 26 heavy (non-hydrogen) atoms. The molecule has 2 aromatic rings. The molecule has 1 aliphatic heterocycles. The maximum absolute atomic E-state index is 12.8. The smallest absolute Gasteiger partial charge is 0.243 e. The summed E-state index contributed by atoms with van der Waals surface area (Å²) in [6.07, 6.45) is 4.28. The van der Waals surface area contributed by atoms with Gasteiger partial charge in [0.1, 0.15) is 5.75 Å². The van der Waals surface area contributed by atoms with E-state index in [0.29, 0.717) is 23.7 Å². The van der Waals surface area contributed by atoms with Crippen molar-refractivity contribution in [3.63, 3.8) is 0 Å². The fourth-order valence-electron chi connectivity index (χ4n) is 3.07. The molecule has 1 aliphatic rings. The normalized spacial score (nSPS) is 16.8. The molecule has 3 rings (SSSR count). The molecule has 1 fully saturated rings. The first-order valence-electron chi connectivity index (χ1n) is 8.79. The highest BCUT2D eigenvalue weighted by Gasteiger charge is 2.29. The van der Waals surface area contributed by atoms with Crippen molar-refractivity contribution in [2.24, 2.45) is 0 Å². The Kier molecular flexibility index (Phi) is 6.08. The van der Waals surface area contributed by atoms with E-state index in [-0.39, 0.29) is 0 Å². The number of nitrogens with zero attached hydrogens (tertiary/aromatic N) is 1. The van der Waals surface area contributed by atoms with Crippen molar-refractivity contribution in [3.8, 4) is 5.75 Å². The lowest BCUT2D eigenvalue weighted by Gasteiger charge is -2.31. The number of methoxy groups -OCH3 is 1. The van der Waals surface area contributed by atoms with Crippen LogP contribution in [0.1, 0.15) is 5.56 Å². The number of hydrogen-bond acceptors (Lipinski definition) is 3. The van der Waals surface area contributed by atoms with E-state index in [4.69, 9.17) is 4.74 Å². The third-order valence-electron chi connectivity index (χ3n) is 4.64. The van der Waals surface area contributed by atoms with Crippen molar-refractivity contribution in [3.05, 3.63) is 66.2 Å². The van der Waals surface area contributed by atoms with Gasteiger partial charge in [0.05, 0.1) is 44.7 Å².